The molecule has 314 valence electrons. The maximum Gasteiger partial charge on any atom is 0.0468 e. The highest BCUT2D eigenvalue weighted by atomic mass is 15.1. The fourth-order valence-electron chi connectivity index (χ4n) is 10.8. The summed E-state index contributed by atoms with van der Waals surface area (Å²) < 4.78 is 0. The lowest BCUT2D eigenvalue weighted by Gasteiger charge is -2.27. The quantitative estimate of drug-likeness (QED) is 0.144. The molecular formula is C66H45N. The van der Waals surface area contributed by atoms with Crippen molar-refractivity contribution in [1.82, 2.24) is 0 Å². The van der Waals surface area contributed by atoms with Crippen molar-refractivity contribution in [2.24, 2.45) is 0 Å². The van der Waals surface area contributed by atoms with Crippen molar-refractivity contribution in [2.75, 3.05) is 4.90 Å². The molecule has 1 heteroatoms. The molecule has 13 rings (SSSR count). The van der Waals surface area contributed by atoms with E-state index in [0.717, 1.165) is 29.9 Å². The summed E-state index contributed by atoms with van der Waals surface area (Å²) >= 11 is 0. The molecule has 0 spiro atoms. The summed E-state index contributed by atoms with van der Waals surface area (Å²) in [4.78, 5) is 2.44. The fourth-order valence-corrected chi connectivity index (χ4v) is 10.8. The van der Waals surface area contributed by atoms with E-state index in [-0.39, 0.29) is 0 Å². The van der Waals surface area contributed by atoms with Gasteiger partial charge in [0.05, 0.1) is 0 Å². The number of nitrogens with zero attached hydrogens (tertiary/aromatic N) is 1. The minimum atomic E-state index is 0.994. The van der Waals surface area contributed by atoms with Crippen molar-refractivity contribution in [3.8, 4) is 33.4 Å². The fraction of sp³-hybridized carbons (Fsp3) is 0.0303. The van der Waals surface area contributed by atoms with Crippen LogP contribution < -0.4 is 4.90 Å². The van der Waals surface area contributed by atoms with Gasteiger partial charge in [0, 0.05) is 17.1 Å². The first-order valence-corrected chi connectivity index (χ1v) is 23.5. The first-order valence-electron chi connectivity index (χ1n) is 23.5. The third kappa shape index (κ3) is 6.79. The molecule has 0 heterocycles. The number of hydrogen-bond acceptors (Lipinski definition) is 1. The highest BCUT2D eigenvalue weighted by molar-refractivity contribution is 6.32. The maximum atomic E-state index is 2.51. The van der Waals surface area contributed by atoms with Gasteiger partial charge in [-0.15, -0.1) is 0 Å². The van der Waals surface area contributed by atoms with E-state index in [1.54, 1.807) is 0 Å². The van der Waals surface area contributed by atoms with E-state index in [2.05, 4.69) is 254 Å². The van der Waals surface area contributed by atoms with E-state index in [1.165, 1.54) is 109 Å². The summed E-state index contributed by atoms with van der Waals surface area (Å²) in [5, 5.41) is 15.0. The Morgan fingerprint density at radius 1 is 0.313 bits per heavy atom. The van der Waals surface area contributed by atoms with Crippen LogP contribution in [0.15, 0.2) is 249 Å². The topological polar surface area (TPSA) is 3.24 Å². The Kier molecular flexibility index (Phi) is 9.39. The molecule has 0 radical (unpaired) electrons. The van der Waals surface area contributed by atoms with Crippen LogP contribution in [0.3, 0.4) is 0 Å². The van der Waals surface area contributed by atoms with Gasteiger partial charge in [0.15, 0.2) is 0 Å². The summed E-state index contributed by atoms with van der Waals surface area (Å²) in [6.45, 7) is 0. The molecule has 0 aromatic heterocycles. The van der Waals surface area contributed by atoms with Gasteiger partial charge in [-0.05, 0) is 171 Å². The third-order valence-corrected chi connectivity index (χ3v) is 14.0. The predicted molar refractivity (Wildman–Crippen MR) is 289 cm³/mol. The highest BCUT2D eigenvalue weighted by Gasteiger charge is 2.24. The van der Waals surface area contributed by atoms with Crippen molar-refractivity contribution in [1.29, 1.82) is 0 Å². The Labute approximate surface area is 390 Å². The van der Waals surface area contributed by atoms with Crippen molar-refractivity contribution < 1.29 is 0 Å². The average molecular weight is 852 g/mol. The van der Waals surface area contributed by atoms with Crippen LogP contribution in [0.5, 0.6) is 0 Å². The van der Waals surface area contributed by atoms with E-state index in [0.29, 0.717) is 0 Å². The van der Waals surface area contributed by atoms with E-state index >= 15 is 0 Å². The number of hydrogen-bond donors (Lipinski definition) is 0. The number of anilines is 3. The van der Waals surface area contributed by atoms with Gasteiger partial charge in [0.2, 0.25) is 0 Å². The van der Waals surface area contributed by atoms with Crippen molar-refractivity contribution in [3.63, 3.8) is 0 Å². The van der Waals surface area contributed by atoms with Gasteiger partial charge >= 0.3 is 0 Å². The second kappa shape index (κ2) is 16.2. The molecule has 0 fully saturated rings. The largest absolute Gasteiger partial charge is 0.310 e. The lowest BCUT2D eigenvalue weighted by atomic mass is 9.80. The first kappa shape index (κ1) is 38.9. The van der Waals surface area contributed by atoms with Crippen LogP contribution in [-0.2, 0) is 0 Å². The molecule has 0 amide bonds. The monoisotopic (exact) mass is 851 g/mol. The Morgan fingerprint density at radius 2 is 0.836 bits per heavy atom. The molecule has 0 saturated heterocycles. The standard InChI is InChI=1S/C66H45N/c1-3-18-48(19-4-1)62-43-61(49-30-27-47(28-31-49)54-32-29-44-15-7-10-22-51(44)39-54)64(50-20-5-2-6-21-50)66-60-38-37-57(42-63(60)58-25-13-14-26-59(58)65(62)66)67(55-35-33-45-16-8-11-23-52(45)40-55)56-36-34-46-17-9-12-24-53(46)41-56/h1-3,5-18,20-43H,4,19H2. The minimum absolute atomic E-state index is 0.994. The summed E-state index contributed by atoms with van der Waals surface area (Å²) in [5.74, 6) is 0. The summed E-state index contributed by atoms with van der Waals surface area (Å²) in [5.41, 5.74) is 13.4. The number of allylic oxidation sites excluding steroid dienone is 4. The Balaban J connectivity index is 1.10. The smallest absolute Gasteiger partial charge is 0.0468 e. The maximum absolute atomic E-state index is 2.51. The molecule has 12 aromatic rings. The van der Waals surface area contributed by atoms with Crippen LogP contribution >= 0.6 is 0 Å². The Hall–Kier alpha value is -8.52. The lowest BCUT2D eigenvalue weighted by molar-refractivity contribution is 1.06. The zero-order valence-electron chi connectivity index (χ0n) is 37.0. The molecule has 0 N–H and O–H groups in total. The SMILES string of the molecule is C1=CCCC(c2cc(-c3ccc(-c4ccc5ccccc5c4)cc3)c(-c3ccccc3)c3c4ccc(N(c5ccc6ccccc6c5)c5ccc6ccccc6c5)cc4c4ccccc4c23)=C1. The Morgan fingerprint density at radius 3 is 1.49 bits per heavy atom. The third-order valence-electron chi connectivity index (χ3n) is 14.0. The van der Waals surface area contributed by atoms with E-state index in [9.17, 15) is 0 Å². The summed E-state index contributed by atoms with van der Waals surface area (Å²) in [7, 11) is 0. The van der Waals surface area contributed by atoms with Gasteiger partial charge in [-0.1, -0.05) is 200 Å². The molecule has 1 nitrogen and oxygen atoms in total. The molecule has 67 heavy (non-hydrogen) atoms. The van der Waals surface area contributed by atoms with Crippen LogP contribution in [0.4, 0.5) is 17.1 Å². The number of fused-ring (bicyclic) bond motifs is 9. The normalized spacial score (nSPS) is 12.7. The predicted octanol–water partition coefficient (Wildman–Crippen LogP) is 18.8. The first-order chi connectivity index (χ1) is 33.2. The van der Waals surface area contributed by atoms with Crippen molar-refractivity contribution in [3.05, 3.63) is 254 Å². The molecule has 0 bridgehead atoms. The molecule has 12 aromatic carbocycles. The minimum Gasteiger partial charge on any atom is -0.310 e. The summed E-state index contributed by atoms with van der Waals surface area (Å²) in [6, 6.07) is 85.6. The molecule has 0 atom stereocenters. The lowest BCUT2D eigenvalue weighted by Crippen LogP contribution is -2.10. The number of rotatable bonds is 7. The van der Waals surface area contributed by atoms with Gasteiger partial charge in [-0.3, -0.25) is 0 Å². The van der Waals surface area contributed by atoms with Gasteiger partial charge in [-0.25, -0.2) is 0 Å². The molecule has 0 saturated carbocycles. The molecule has 0 unspecified atom stereocenters. The van der Waals surface area contributed by atoms with E-state index < -0.39 is 0 Å². The van der Waals surface area contributed by atoms with Crippen LogP contribution in [-0.4, -0.2) is 0 Å². The van der Waals surface area contributed by atoms with Crippen molar-refractivity contribution >= 4 is 87.3 Å². The second-order valence-electron chi connectivity index (χ2n) is 17.9. The average Bonchev–Trinajstić information content (AvgIpc) is 3.41. The van der Waals surface area contributed by atoms with Crippen molar-refractivity contribution in [2.45, 2.75) is 12.8 Å². The molecule has 0 aliphatic heterocycles. The Bertz CT molecular complexity index is 3890. The number of benzene rings is 12. The molecule has 1 aliphatic carbocycles. The van der Waals surface area contributed by atoms with Gasteiger partial charge in [0.25, 0.3) is 0 Å². The van der Waals surface area contributed by atoms with Crippen LogP contribution in [0.25, 0.3) is 104 Å². The summed E-state index contributed by atoms with van der Waals surface area (Å²) in [6.07, 6.45) is 8.91. The van der Waals surface area contributed by atoms with Gasteiger partial charge in [-0.2, -0.15) is 0 Å². The zero-order chi connectivity index (χ0) is 44.3. The van der Waals surface area contributed by atoms with E-state index in [4.69, 9.17) is 0 Å². The van der Waals surface area contributed by atoms with E-state index in [1.807, 2.05) is 0 Å². The molecule has 1 aliphatic rings. The zero-order valence-corrected chi connectivity index (χ0v) is 37.0. The highest BCUT2D eigenvalue weighted by Crippen LogP contribution is 2.50. The van der Waals surface area contributed by atoms with Crippen LogP contribution in [0.2, 0.25) is 0 Å². The van der Waals surface area contributed by atoms with Crippen LogP contribution in [0, 0.1) is 0 Å². The second-order valence-corrected chi connectivity index (χ2v) is 17.9. The van der Waals surface area contributed by atoms with Gasteiger partial charge < -0.3 is 4.90 Å². The van der Waals surface area contributed by atoms with Crippen LogP contribution in [0.1, 0.15) is 18.4 Å². The van der Waals surface area contributed by atoms with Gasteiger partial charge in [0.1, 0.15) is 0 Å². The molecular weight excluding hydrogens is 807 g/mol.